The van der Waals surface area contributed by atoms with Crippen LogP contribution in [0.1, 0.15) is 56.9 Å². The molecule has 0 radical (unpaired) electrons. The number of rotatable bonds is 4. The molecule has 2 fully saturated rings. The van der Waals surface area contributed by atoms with Gasteiger partial charge in [-0.05, 0) is 56.6 Å². The second-order valence-electron chi connectivity index (χ2n) is 7.06. The van der Waals surface area contributed by atoms with Crippen molar-refractivity contribution in [3.63, 3.8) is 0 Å². The average Bonchev–Trinajstić information content (AvgIpc) is 2.57. The lowest BCUT2D eigenvalue weighted by molar-refractivity contribution is -0.129. The number of amides is 2. The molecule has 1 aromatic rings. The number of anilines is 1. The fourth-order valence-corrected chi connectivity index (χ4v) is 3.92. The van der Waals surface area contributed by atoms with Gasteiger partial charge in [0.2, 0.25) is 11.8 Å². The van der Waals surface area contributed by atoms with Gasteiger partial charge < -0.3 is 5.11 Å². The number of aliphatic hydroxyl groups excluding tert-OH is 1. The molecule has 0 aromatic heterocycles. The van der Waals surface area contributed by atoms with E-state index in [0.29, 0.717) is 25.7 Å². The van der Waals surface area contributed by atoms with Crippen LogP contribution in [-0.2, 0) is 15.3 Å². The standard InChI is InChI=1S/C19H23F2NO3/c20-16-12-14(22-17(24)2-1-3-18(22)25)4-5-15(16)19(21)9-6-13(7-10-19)8-11-23/h4-5,12-13,23H,1-3,6-11H2. The third-order valence-electron chi connectivity index (χ3n) is 5.41. The molecule has 4 nitrogen and oxygen atoms in total. The number of carbonyl (C=O) groups is 2. The molecule has 2 aliphatic rings. The van der Waals surface area contributed by atoms with Gasteiger partial charge in [-0.15, -0.1) is 0 Å². The zero-order valence-corrected chi connectivity index (χ0v) is 14.1. The molecule has 6 heteroatoms. The van der Waals surface area contributed by atoms with E-state index in [2.05, 4.69) is 0 Å². The number of aliphatic hydroxyl groups is 1. The molecule has 0 bridgehead atoms. The molecular weight excluding hydrogens is 328 g/mol. The highest BCUT2D eigenvalue weighted by molar-refractivity contribution is 6.16. The van der Waals surface area contributed by atoms with Crippen molar-refractivity contribution in [2.24, 2.45) is 5.92 Å². The van der Waals surface area contributed by atoms with Crippen molar-refractivity contribution in [3.8, 4) is 0 Å². The number of nitrogens with zero attached hydrogens (tertiary/aromatic N) is 1. The Kier molecular flexibility index (Phi) is 5.18. The predicted molar refractivity (Wildman–Crippen MR) is 89.2 cm³/mol. The van der Waals surface area contributed by atoms with Gasteiger partial charge in [0.15, 0.2) is 0 Å². The minimum absolute atomic E-state index is 0.00407. The Hall–Kier alpha value is -1.82. The summed E-state index contributed by atoms with van der Waals surface area (Å²) in [5.41, 5.74) is -1.56. The topological polar surface area (TPSA) is 57.6 Å². The van der Waals surface area contributed by atoms with E-state index in [-0.39, 0.29) is 61.3 Å². The van der Waals surface area contributed by atoms with E-state index in [1.807, 2.05) is 0 Å². The van der Waals surface area contributed by atoms with Gasteiger partial charge in [0.1, 0.15) is 11.5 Å². The summed E-state index contributed by atoms with van der Waals surface area (Å²) in [6.45, 7) is 0.0882. The lowest BCUT2D eigenvalue weighted by Gasteiger charge is -2.34. The number of imide groups is 1. The van der Waals surface area contributed by atoms with Gasteiger partial charge >= 0.3 is 0 Å². The second-order valence-corrected chi connectivity index (χ2v) is 7.06. The molecule has 136 valence electrons. The first-order valence-corrected chi connectivity index (χ1v) is 8.90. The van der Waals surface area contributed by atoms with Gasteiger partial charge in [-0.1, -0.05) is 6.07 Å². The summed E-state index contributed by atoms with van der Waals surface area (Å²) in [7, 11) is 0. The van der Waals surface area contributed by atoms with Crippen molar-refractivity contribution in [1.82, 2.24) is 0 Å². The Bertz CT molecular complexity index is 653. The molecule has 1 N–H and O–H groups in total. The molecule has 0 unspecified atom stereocenters. The third kappa shape index (κ3) is 3.59. The number of carbonyl (C=O) groups excluding carboxylic acids is 2. The highest BCUT2D eigenvalue weighted by Crippen LogP contribution is 2.45. The Labute approximate surface area is 145 Å². The zero-order valence-electron chi connectivity index (χ0n) is 14.1. The van der Waals surface area contributed by atoms with E-state index < -0.39 is 11.5 Å². The van der Waals surface area contributed by atoms with Crippen LogP contribution in [0, 0.1) is 11.7 Å². The summed E-state index contributed by atoms with van der Waals surface area (Å²) < 4.78 is 29.9. The highest BCUT2D eigenvalue weighted by Gasteiger charge is 2.39. The van der Waals surface area contributed by atoms with Gasteiger partial charge in [0, 0.05) is 25.0 Å². The molecule has 1 saturated carbocycles. The molecule has 3 rings (SSSR count). The molecule has 1 aliphatic heterocycles. The van der Waals surface area contributed by atoms with E-state index in [1.54, 1.807) is 0 Å². The van der Waals surface area contributed by atoms with E-state index in [0.717, 1.165) is 11.0 Å². The SMILES string of the molecule is O=C1CCCC(=O)N1c1ccc(C2(F)CCC(CCO)CC2)c(F)c1. The second kappa shape index (κ2) is 7.20. The normalized spacial score (nSPS) is 27.6. The van der Waals surface area contributed by atoms with Gasteiger partial charge in [0.25, 0.3) is 0 Å². The number of benzene rings is 1. The van der Waals surface area contributed by atoms with Gasteiger partial charge in [0.05, 0.1) is 5.69 Å². The van der Waals surface area contributed by atoms with Crippen LogP contribution >= 0.6 is 0 Å². The highest BCUT2D eigenvalue weighted by atomic mass is 19.1. The maximum absolute atomic E-state index is 15.3. The van der Waals surface area contributed by atoms with Crippen molar-refractivity contribution >= 4 is 17.5 Å². The van der Waals surface area contributed by atoms with Gasteiger partial charge in [-0.25, -0.2) is 8.78 Å². The summed E-state index contributed by atoms with van der Waals surface area (Å²) in [5, 5.41) is 8.99. The first-order valence-electron chi connectivity index (χ1n) is 8.90. The maximum atomic E-state index is 15.3. The predicted octanol–water partition coefficient (Wildman–Crippen LogP) is 3.61. The molecule has 1 heterocycles. The number of hydrogen-bond donors (Lipinski definition) is 1. The molecule has 1 aliphatic carbocycles. The minimum atomic E-state index is -1.73. The summed E-state index contributed by atoms with van der Waals surface area (Å²) in [6.07, 6.45) is 3.34. The first-order chi connectivity index (χ1) is 11.9. The van der Waals surface area contributed by atoms with E-state index in [1.165, 1.54) is 12.1 Å². The minimum Gasteiger partial charge on any atom is -0.396 e. The molecule has 1 saturated heterocycles. The van der Waals surface area contributed by atoms with Crippen LogP contribution in [0.3, 0.4) is 0 Å². The summed E-state index contributed by atoms with van der Waals surface area (Å²) >= 11 is 0. The van der Waals surface area contributed by atoms with E-state index >= 15 is 4.39 Å². The van der Waals surface area contributed by atoms with Crippen LogP contribution < -0.4 is 4.90 Å². The molecule has 0 spiro atoms. The maximum Gasteiger partial charge on any atom is 0.233 e. The van der Waals surface area contributed by atoms with Crippen molar-refractivity contribution in [3.05, 3.63) is 29.6 Å². The van der Waals surface area contributed by atoms with Crippen molar-refractivity contribution < 1.29 is 23.5 Å². The fraction of sp³-hybridized carbons (Fsp3) is 0.579. The van der Waals surface area contributed by atoms with Crippen molar-refractivity contribution in [2.75, 3.05) is 11.5 Å². The molecule has 2 amide bonds. The Morgan fingerprint density at radius 2 is 1.80 bits per heavy atom. The number of halogens is 2. The van der Waals surface area contributed by atoms with Crippen LogP contribution in [0.5, 0.6) is 0 Å². The van der Waals surface area contributed by atoms with Crippen LogP contribution in [0.25, 0.3) is 0 Å². The molecule has 1 aromatic carbocycles. The number of piperidine rings is 1. The lowest BCUT2D eigenvalue weighted by atomic mass is 9.75. The van der Waals surface area contributed by atoms with Crippen LogP contribution in [0.15, 0.2) is 18.2 Å². The lowest BCUT2D eigenvalue weighted by Crippen LogP contribution is -2.40. The van der Waals surface area contributed by atoms with Crippen molar-refractivity contribution in [2.45, 2.75) is 57.0 Å². The smallest absolute Gasteiger partial charge is 0.233 e. The van der Waals surface area contributed by atoms with Crippen molar-refractivity contribution in [1.29, 1.82) is 0 Å². The quantitative estimate of drug-likeness (QED) is 0.843. The van der Waals surface area contributed by atoms with E-state index in [9.17, 15) is 14.0 Å². The third-order valence-corrected chi connectivity index (χ3v) is 5.41. The Morgan fingerprint density at radius 3 is 2.36 bits per heavy atom. The first kappa shape index (κ1) is 18.0. The molecule has 0 atom stereocenters. The van der Waals surface area contributed by atoms with Gasteiger partial charge in [-0.2, -0.15) is 0 Å². The summed E-state index contributed by atoms with van der Waals surface area (Å²) in [5.74, 6) is -1.13. The Morgan fingerprint density at radius 1 is 1.16 bits per heavy atom. The summed E-state index contributed by atoms with van der Waals surface area (Å²) in [4.78, 5) is 24.9. The average molecular weight is 351 g/mol. The fourth-order valence-electron chi connectivity index (χ4n) is 3.92. The number of alkyl halides is 1. The largest absolute Gasteiger partial charge is 0.396 e. The van der Waals surface area contributed by atoms with E-state index in [4.69, 9.17) is 5.11 Å². The Balaban J connectivity index is 1.80. The summed E-state index contributed by atoms with van der Waals surface area (Å²) in [6, 6.07) is 3.92. The monoisotopic (exact) mass is 351 g/mol. The van der Waals surface area contributed by atoms with Crippen LogP contribution in [-0.4, -0.2) is 23.5 Å². The van der Waals surface area contributed by atoms with Gasteiger partial charge in [-0.3, -0.25) is 14.5 Å². The van der Waals surface area contributed by atoms with Crippen LogP contribution in [0.2, 0.25) is 0 Å². The number of hydrogen-bond acceptors (Lipinski definition) is 3. The molecular formula is C19H23F2NO3. The molecule has 25 heavy (non-hydrogen) atoms. The zero-order chi connectivity index (χ0) is 18.0. The van der Waals surface area contributed by atoms with Crippen LogP contribution in [0.4, 0.5) is 14.5 Å².